The number of benzene rings is 2. The van der Waals surface area contributed by atoms with E-state index in [9.17, 15) is 13.2 Å². The average Bonchev–Trinajstić information content (AvgIpc) is 3.89. The Balaban J connectivity index is 0.989. The number of aromatic nitrogens is 2. The van der Waals surface area contributed by atoms with Crippen LogP contribution in [0.3, 0.4) is 0 Å². The van der Waals surface area contributed by atoms with E-state index in [0.29, 0.717) is 64.6 Å². The van der Waals surface area contributed by atoms with Crippen LogP contribution in [0.4, 0.5) is 5.13 Å². The summed E-state index contributed by atoms with van der Waals surface area (Å²) in [6, 6.07) is 10.2. The molecule has 4 heterocycles. The monoisotopic (exact) mass is 699 g/mol. The SMILES string of the molecule is Cc1cc2nc(N3C4CCC3CC(NCc3c(-c5c(Cl)cccc5Cl)noc3C3CC3)C4)sc2cc1C(=O)NS(=O)(=O)C1(C)CC1. The Morgan fingerprint density at radius 3 is 2.46 bits per heavy atom. The van der Waals surface area contributed by atoms with Gasteiger partial charge < -0.3 is 14.7 Å². The van der Waals surface area contributed by atoms with Crippen LogP contribution in [0.2, 0.25) is 10.0 Å². The second kappa shape index (κ2) is 11.2. The number of hydrogen-bond donors (Lipinski definition) is 2. The Morgan fingerprint density at radius 1 is 1.11 bits per heavy atom. The maximum atomic E-state index is 13.1. The molecule has 2 aromatic carbocycles. The van der Waals surface area contributed by atoms with Gasteiger partial charge in [-0.15, -0.1) is 0 Å². The molecule has 242 valence electrons. The first-order valence-electron chi connectivity index (χ1n) is 15.9. The van der Waals surface area contributed by atoms with E-state index >= 15 is 0 Å². The zero-order valence-corrected chi connectivity index (χ0v) is 28.8. The molecule has 2 aromatic heterocycles. The summed E-state index contributed by atoms with van der Waals surface area (Å²) in [5.41, 5.74) is 4.41. The van der Waals surface area contributed by atoms with Crippen LogP contribution in [-0.4, -0.2) is 47.3 Å². The highest BCUT2D eigenvalue weighted by Crippen LogP contribution is 2.47. The number of piperidine rings is 1. The van der Waals surface area contributed by atoms with Gasteiger partial charge >= 0.3 is 0 Å². The summed E-state index contributed by atoms with van der Waals surface area (Å²) in [7, 11) is -3.72. The smallest absolute Gasteiger partial charge is 0.265 e. The van der Waals surface area contributed by atoms with Crippen molar-refractivity contribution in [2.24, 2.45) is 0 Å². The highest BCUT2D eigenvalue weighted by atomic mass is 35.5. The Labute approximate surface area is 282 Å². The number of amides is 1. The lowest BCUT2D eigenvalue weighted by Crippen LogP contribution is -2.49. The Kier molecular flexibility index (Phi) is 7.45. The molecule has 2 aliphatic carbocycles. The zero-order valence-electron chi connectivity index (χ0n) is 25.6. The second-order valence-electron chi connectivity index (χ2n) is 13.6. The van der Waals surface area contributed by atoms with Crippen molar-refractivity contribution >= 4 is 65.8 Å². The highest BCUT2D eigenvalue weighted by Gasteiger charge is 2.51. The minimum Gasteiger partial charge on any atom is -0.360 e. The molecule has 4 aromatic rings. The molecule has 0 spiro atoms. The van der Waals surface area contributed by atoms with E-state index in [1.807, 2.05) is 31.2 Å². The summed E-state index contributed by atoms with van der Waals surface area (Å²) in [5, 5.41) is 10.4. The molecule has 2 saturated heterocycles. The Bertz CT molecular complexity index is 1950. The summed E-state index contributed by atoms with van der Waals surface area (Å²) in [5.74, 6) is 0.764. The van der Waals surface area contributed by atoms with E-state index in [1.165, 1.54) is 0 Å². The molecule has 0 radical (unpaired) electrons. The number of carbonyl (C=O) groups excluding carboxylic acids is 1. The Morgan fingerprint density at radius 2 is 1.80 bits per heavy atom. The molecule has 2 N–H and O–H groups in total. The number of thiazole rings is 1. The number of carbonyl (C=O) groups is 1. The minimum atomic E-state index is -3.72. The maximum absolute atomic E-state index is 13.1. The fraction of sp³-hybridized carbons (Fsp3) is 0.485. The van der Waals surface area contributed by atoms with Gasteiger partial charge in [0.05, 0.1) is 25.0 Å². The van der Waals surface area contributed by atoms with Crippen molar-refractivity contribution in [2.75, 3.05) is 4.90 Å². The van der Waals surface area contributed by atoms with Crippen molar-refractivity contribution in [2.45, 2.75) is 101 Å². The van der Waals surface area contributed by atoms with Crippen molar-refractivity contribution in [1.29, 1.82) is 0 Å². The Hall–Kier alpha value is -2.70. The van der Waals surface area contributed by atoms with Gasteiger partial charge in [0.1, 0.15) is 11.5 Å². The van der Waals surface area contributed by atoms with E-state index in [4.69, 9.17) is 32.7 Å². The van der Waals surface area contributed by atoms with Gasteiger partial charge in [0.15, 0.2) is 5.13 Å². The first-order chi connectivity index (χ1) is 22.0. The van der Waals surface area contributed by atoms with Crippen LogP contribution < -0.4 is 14.9 Å². The number of aryl methyl sites for hydroxylation is 1. The maximum Gasteiger partial charge on any atom is 0.265 e. The number of anilines is 1. The number of fused-ring (bicyclic) bond motifs is 3. The number of hydrogen-bond acceptors (Lipinski definition) is 9. The molecule has 9 nitrogen and oxygen atoms in total. The van der Waals surface area contributed by atoms with Crippen molar-refractivity contribution in [3.05, 3.63) is 62.8 Å². The molecule has 4 fully saturated rings. The van der Waals surface area contributed by atoms with Gasteiger partial charge in [-0.2, -0.15) is 0 Å². The van der Waals surface area contributed by atoms with Crippen LogP contribution in [0.5, 0.6) is 0 Å². The first-order valence-corrected chi connectivity index (χ1v) is 19.0. The van der Waals surface area contributed by atoms with Gasteiger partial charge in [-0.05, 0) is 95.0 Å². The predicted octanol–water partition coefficient (Wildman–Crippen LogP) is 7.35. The average molecular weight is 701 g/mol. The largest absolute Gasteiger partial charge is 0.360 e. The van der Waals surface area contributed by atoms with Crippen molar-refractivity contribution in [3.63, 3.8) is 0 Å². The van der Waals surface area contributed by atoms with Gasteiger partial charge in [-0.25, -0.2) is 18.1 Å². The molecule has 2 unspecified atom stereocenters. The highest BCUT2D eigenvalue weighted by molar-refractivity contribution is 7.91. The lowest BCUT2D eigenvalue weighted by atomic mass is 9.97. The summed E-state index contributed by atoms with van der Waals surface area (Å²) in [4.78, 5) is 20.5. The van der Waals surface area contributed by atoms with Gasteiger partial charge in [-0.3, -0.25) is 4.79 Å². The fourth-order valence-corrected chi connectivity index (χ4v) is 10.1. The van der Waals surface area contributed by atoms with Crippen LogP contribution in [-0.2, 0) is 16.6 Å². The third kappa shape index (κ3) is 5.32. The summed E-state index contributed by atoms with van der Waals surface area (Å²) in [6.45, 7) is 4.14. The molecule has 2 atom stereocenters. The van der Waals surface area contributed by atoms with Gasteiger partial charge in [0.2, 0.25) is 10.0 Å². The first kappa shape index (κ1) is 30.6. The molecule has 2 saturated carbocycles. The van der Waals surface area contributed by atoms with E-state index in [-0.39, 0.29) is 0 Å². The van der Waals surface area contributed by atoms with E-state index in [1.54, 1.807) is 24.3 Å². The normalized spacial score (nSPS) is 23.7. The summed E-state index contributed by atoms with van der Waals surface area (Å²) in [6.07, 6.45) is 7.53. The number of nitrogens with zero attached hydrogens (tertiary/aromatic N) is 3. The predicted molar refractivity (Wildman–Crippen MR) is 181 cm³/mol. The van der Waals surface area contributed by atoms with Gasteiger partial charge in [0, 0.05) is 47.3 Å². The molecule has 4 aliphatic rings. The molecular formula is C33H35Cl2N5O4S2. The minimum absolute atomic E-state index is 0.326. The molecule has 1 amide bonds. The summed E-state index contributed by atoms with van der Waals surface area (Å²) < 4.78 is 33.6. The van der Waals surface area contributed by atoms with Crippen molar-refractivity contribution in [1.82, 2.24) is 20.2 Å². The summed E-state index contributed by atoms with van der Waals surface area (Å²) >= 11 is 14.7. The van der Waals surface area contributed by atoms with Crippen LogP contribution in [0.15, 0.2) is 34.9 Å². The molecule has 8 rings (SSSR count). The molecular weight excluding hydrogens is 665 g/mol. The lowest BCUT2D eigenvalue weighted by molar-refractivity contribution is 0.0980. The zero-order chi connectivity index (χ0) is 32.0. The van der Waals surface area contributed by atoms with Crippen molar-refractivity contribution in [3.8, 4) is 11.3 Å². The topological polar surface area (TPSA) is 117 Å². The lowest BCUT2D eigenvalue weighted by Gasteiger charge is -2.39. The molecule has 2 bridgehead atoms. The number of nitrogens with one attached hydrogen (secondary N) is 2. The standard InChI is InChI=1S/C33H35Cl2N5O4S2/c1-17-12-26-27(15-22(17)31(41)39-46(42,43)33(2)10-11-33)45-32(37-26)40-20-8-9-21(40)14-19(13-20)36-16-23-29(38-44-30(23)18-6-7-18)28-24(34)4-3-5-25(28)35/h3-5,12,15,18-21,36H,6-11,13-14,16H2,1-2H3,(H,39,41). The third-order valence-corrected chi connectivity index (χ3v) is 14.1. The van der Waals surface area contributed by atoms with Crippen LogP contribution in [0.25, 0.3) is 21.5 Å². The van der Waals surface area contributed by atoms with Crippen molar-refractivity contribution < 1.29 is 17.7 Å². The van der Waals surface area contributed by atoms with E-state index in [0.717, 1.165) is 76.5 Å². The van der Waals surface area contributed by atoms with Gasteiger partial charge in [0.25, 0.3) is 5.91 Å². The number of sulfonamides is 1. The number of halogens is 2. The van der Waals surface area contributed by atoms with Crippen LogP contribution in [0.1, 0.15) is 91.5 Å². The van der Waals surface area contributed by atoms with Crippen LogP contribution in [0, 0.1) is 6.92 Å². The quantitative estimate of drug-likeness (QED) is 0.186. The molecule has 46 heavy (non-hydrogen) atoms. The van der Waals surface area contributed by atoms with E-state index < -0.39 is 20.7 Å². The molecule has 13 heteroatoms. The van der Waals surface area contributed by atoms with E-state index in [2.05, 4.69) is 20.1 Å². The van der Waals surface area contributed by atoms with Crippen LogP contribution >= 0.6 is 34.5 Å². The van der Waals surface area contributed by atoms with Gasteiger partial charge in [-0.1, -0.05) is 45.8 Å². The fourth-order valence-electron chi connectivity index (χ4n) is 7.15. The third-order valence-electron chi connectivity index (χ3n) is 10.3. The number of rotatable bonds is 9. The molecule has 2 aliphatic heterocycles. The second-order valence-corrected chi connectivity index (χ2v) is 17.6.